The molecule has 0 saturated carbocycles. The maximum atomic E-state index is 12.0. The maximum absolute atomic E-state index is 12.0. The van der Waals surface area contributed by atoms with Gasteiger partial charge in [0.15, 0.2) is 5.75 Å². The molecule has 1 N–H and O–H groups in total. The van der Waals surface area contributed by atoms with Gasteiger partial charge in [0, 0.05) is 11.5 Å². The number of carbonyl (C=O) groups is 1. The molecule has 2 heterocycles. The zero-order valence-corrected chi connectivity index (χ0v) is 12.7. The van der Waals surface area contributed by atoms with Gasteiger partial charge in [0.05, 0.1) is 22.4 Å². The molecule has 1 aromatic heterocycles. The summed E-state index contributed by atoms with van der Waals surface area (Å²) < 4.78 is 12.2. The Morgan fingerprint density at radius 2 is 2.25 bits per heavy atom. The number of carbonyl (C=O) groups excluding carboxylic acids is 1. The first-order valence-corrected chi connectivity index (χ1v) is 7.59. The lowest BCUT2D eigenvalue weighted by atomic mass is 10.2. The third kappa shape index (κ3) is 2.31. The molecule has 0 bridgehead atoms. The Morgan fingerprint density at radius 1 is 1.45 bits per heavy atom. The van der Waals surface area contributed by atoms with Crippen LogP contribution < -0.4 is 14.8 Å². The van der Waals surface area contributed by atoms with Crippen molar-refractivity contribution in [2.75, 3.05) is 13.2 Å². The van der Waals surface area contributed by atoms with Crippen LogP contribution in [-0.2, 0) is 0 Å². The van der Waals surface area contributed by atoms with Gasteiger partial charge in [-0.1, -0.05) is 11.6 Å². The summed E-state index contributed by atoms with van der Waals surface area (Å²) in [5.74, 6) is 1.18. The van der Waals surface area contributed by atoms with Gasteiger partial charge < -0.3 is 14.8 Å². The van der Waals surface area contributed by atoms with Gasteiger partial charge in [-0.15, -0.1) is 11.3 Å². The third-order valence-electron chi connectivity index (χ3n) is 2.88. The van der Waals surface area contributed by atoms with E-state index in [1.165, 1.54) is 11.3 Å². The number of fused-ring (bicyclic) bond motifs is 3. The normalized spacial score (nSPS) is 14.7. The first-order valence-electron chi connectivity index (χ1n) is 6.40. The largest absolute Gasteiger partial charge is 0.491 e. The van der Waals surface area contributed by atoms with E-state index in [1.807, 2.05) is 19.9 Å². The lowest BCUT2D eigenvalue weighted by molar-refractivity contribution is 0.0961. The van der Waals surface area contributed by atoms with Gasteiger partial charge in [0.25, 0.3) is 5.91 Å². The van der Waals surface area contributed by atoms with E-state index in [2.05, 4.69) is 5.32 Å². The van der Waals surface area contributed by atoms with E-state index in [-0.39, 0.29) is 12.0 Å². The summed E-state index contributed by atoms with van der Waals surface area (Å²) in [7, 11) is 0. The van der Waals surface area contributed by atoms with E-state index in [0.29, 0.717) is 34.6 Å². The zero-order valence-electron chi connectivity index (χ0n) is 11.2. The summed E-state index contributed by atoms with van der Waals surface area (Å²) in [5.41, 5.74) is 0. The van der Waals surface area contributed by atoms with Crippen LogP contribution in [0.15, 0.2) is 12.1 Å². The van der Waals surface area contributed by atoms with Crippen LogP contribution in [0.3, 0.4) is 0 Å². The Kier molecular flexibility index (Phi) is 3.48. The van der Waals surface area contributed by atoms with Crippen molar-refractivity contribution in [1.82, 2.24) is 5.32 Å². The van der Waals surface area contributed by atoms with Crippen molar-refractivity contribution < 1.29 is 14.3 Å². The minimum absolute atomic E-state index is 0.0602. The molecular formula is C14H14ClNO3S. The highest BCUT2D eigenvalue weighted by Crippen LogP contribution is 2.44. The first-order chi connectivity index (χ1) is 9.56. The molecule has 1 aromatic carbocycles. The molecule has 1 aliphatic rings. The molecule has 2 aromatic rings. The number of rotatable bonds is 2. The Labute approximate surface area is 125 Å². The van der Waals surface area contributed by atoms with Crippen molar-refractivity contribution in [3.63, 3.8) is 0 Å². The standard InChI is InChI=1S/C14H14ClNO3S/c1-7(2)19-8-5-9-11-13(14(17)16-3-4-18-11)20-12(9)10(15)6-8/h5-7H,3-4H2,1-2H3,(H,16,17). The molecule has 0 unspecified atom stereocenters. The molecule has 106 valence electrons. The second-order valence-corrected chi connectivity index (χ2v) is 6.24. The molecule has 0 fully saturated rings. The Morgan fingerprint density at radius 3 is 3.00 bits per heavy atom. The van der Waals surface area contributed by atoms with Gasteiger partial charge in [-0.3, -0.25) is 4.79 Å². The van der Waals surface area contributed by atoms with Gasteiger partial charge in [-0.2, -0.15) is 0 Å². The fraction of sp³-hybridized carbons (Fsp3) is 0.357. The first kappa shape index (κ1) is 13.5. The predicted octanol–water partition coefficient (Wildman–Crippen LogP) is 3.46. The molecule has 20 heavy (non-hydrogen) atoms. The van der Waals surface area contributed by atoms with Crippen molar-refractivity contribution in [1.29, 1.82) is 0 Å². The SMILES string of the molecule is CC(C)Oc1cc(Cl)c2sc3c(c2c1)OCCNC3=O. The molecule has 1 amide bonds. The number of hydrogen-bond acceptors (Lipinski definition) is 4. The number of benzene rings is 1. The second-order valence-electron chi connectivity index (χ2n) is 4.81. The summed E-state index contributed by atoms with van der Waals surface area (Å²) in [4.78, 5) is 12.6. The molecule has 4 nitrogen and oxygen atoms in total. The number of hydrogen-bond donors (Lipinski definition) is 1. The van der Waals surface area contributed by atoms with Gasteiger partial charge >= 0.3 is 0 Å². The Bertz CT molecular complexity index is 681. The molecule has 0 saturated heterocycles. The summed E-state index contributed by atoms with van der Waals surface area (Å²) >= 11 is 7.65. The molecule has 0 atom stereocenters. The van der Waals surface area contributed by atoms with E-state index in [1.54, 1.807) is 6.07 Å². The summed E-state index contributed by atoms with van der Waals surface area (Å²) in [5, 5.41) is 4.21. The van der Waals surface area contributed by atoms with Gasteiger partial charge in [0.2, 0.25) is 0 Å². The predicted molar refractivity (Wildman–Crippen MR) is 80.4 cm³/mol. The number of thiophene rings is 1. The molecular weight excluding hydrogens is 298 g/mol. The van der Waals surface area contributed by atoms with E-state index in [9.17, 15) is 4.79 Å². The minimum atomic E-state index is -0.110. The Hall–Kier alpha value is -1.46. The molecule has 1 aliphatic heterocycles. The van der Waals surface area contributed by atoms with Crippen LogP contribution in [0.25, 0.3) is 10.1 Å². The van der Waals surface area contributed by atoms with Crippen LogP contribution in [0.5, 0.6) is 11.5 Å². The summed E-state index contributed by atoms with van der Waals surface area (Å²) in [6.07, 6.45) is 0.0602. The fourth-order valence-corrected chi connectivity index (χ4v) is 3.52. The smallest absolute Gasteiger partial charge is 0.265 e. The maximum Gasteiger partial charge on any atom is 0.265 e. The van der Waals surface area contributed by atoms with Gasteiger partial charge in [-0.05, 0) is 19.9 Å². The van der Waals surface area contributed by atoms with E-state index in [4.69, 9.17) is 21.1 Å². The lowest BCUT2D eigenvalue weighted by Crippen LogP contribution is -2.23. The third-order valence-corrected chi connectivity index (χ3v) is 4.51. The van der Waals surface area contributed by atoms with E-state index < -0.39 is 0 Å². The molecule has 3 rings (SSSR count). The highest BCUT2D eigenvalue weighted by atomic mass is 35.5. The van der Waals surface area contributed by atoms with Crippen molar-refractivity contribution in [3.05, 3.63) is 22.0 Å². The minimum Gasteiger partial charge on any atom is -0.491 e. The van der Waals surface area contributed by atoms with Crippen LogP contribution in [0.2, 0.25) is 5.02 Å². The summed E-state index contributed by atoms with van der Waals surface area (Å²) in [6, 6.07) is 3.66. The van der Waals surface area contributed by atoms with Crippen molar-refractivity contribution in [2.45, 2.75) is 20.0 Å². The average molecular weight is 312 g/mol. The fourth-order valence-electron chi connectivity index (χ4n) is 2.14. The highest BCUT2D eigenvalue weighted by molar-refractivity contribution is 7.22. The second kappa shape index (κ2) is 5.14. The van der Waals surface area contributed by atoms with E-state index in [0.717, 1.165) is 10.1 Å². The van der Waals surface area contributed by atoms with Crippen LogP contribution in [-0.4, -0.2) is 25.2 Å². The van der Waals surface area contributed by atoms with Gasteiger partial charge in [0.1, 0.15) is 17.2 Å². The monoisotopic (exact) mass is 311 g/mol. The topological polar surface area (TPSA) is 47.6 Å². The number of halogens is 1. The molecule has 6 heteroatoms. The Balaban J connectivity index is 2.19. The number of amides is 1. The van der Waals surface area contributed by atoms with Crippen LogP contribution >= 0.6 is 22.9 Å². The molecule has 0 radical (unpaired) electrons. The van der Waals surface area contributed by atoms with Crippen LogP contribution in [0.1, 0.15) is 23.5 Å². The number of nitrogens with one attached hydrogen (secondary N) is 1. The van der Waals surface area contributed by atoms with Crippen LogP contribution in [0.4, 0.5) is 0 Å². The zero-order chi connectivity index (χ0) is 14.3. The van der Waals surface area contributed by atoms with Crippen molar-refractivity contribution in [2.24, 2.45) is 0 Å². The lowest BCUT2D eigenvalue weighted by Gasteiger charge is -2.10. The number of ether oxygens (including phenoxy) is 2. The molecule has 0 spiro atoms. The molecule has 0 aliphatic carbocycles. The van der Waals surface area contributed by atoms with Crippen LogP contribution in [0, 0.1) is 0 Å². The highest BCUT2D eigenvalue weighted by Gasteiger charge is 2.24. The van der Waals surface area contributed by atoms with E-state index >= 15 is 0 Å². The van der Waals surface area contributed by atoms with Gasteiger partial charge in [-0.25, -0.2) is 0 Å². The van der Waals surface area contributed by atoms with Crippen molar-refractivity contribution in [3.8, 4) is 11.5 Å². The summed E-state index contributed by atoms with van der Waals surface area (Å²) in [6.45, 7) is 4.88. The van der Waals surface area contributed by atoms with Crippen molar-refractivity contribution >= 4 is 38.9 Å². The average Bonchev–Trinajstić information content (AvgIpc) is 2.63. The quantitative estimate of drug-likeness (QED) is 0.924.